The highest BCUT2D eigenvalue weighted by Gasteiger charge is 2.21. The van der Waals surface area contributed by atoms with Crippen molar-refractivity contribution in [3.05, 3.63) is 51.6 Å². The molecule has 2 aromatic rings. The second-order valence-electron chi connectivity index (χ2n) is 6.05. The van der Waals surface area contributed by atoms with Crippen LogP contribution in [0.15, 0.2) is 30.3 Å². The standard InChI is InChI=1S/C20H22N2O9/c1-28-17-8-12(9-18(29-2)19(17)30-3)16(24)11-31-20(25)14-10-13(22(26)27)4-5-15(14)21-6-7-23/h4-5,8-10,21,23H,6-7,11H2,1-3H3. The SMILES string of the molecule is COc1cc(C(=O)COC(=O)c2cc([N+](=O)[O-])ccc2NCCO)cc(OC)c1OC. The van der Waals surface area contributed by atoms with Crippen molar-refractivity contribution in [3.8, 4) is 17.2 Å². The minimum atomic E-state index is -0.940. The Morgan fingerprint density at radius 1 is 1.06 bits per heavy atom. The molecule has 0 aliphatic heterocycles. The lowest BCUT2D eigenvalue weighted by molar-refractivity contribution is -0.384. The quantitative estimate of drug-likeness (QED) is 0.233. The molecule has 0 aromatic heterocycles. The summed E-state index contributed by atoms with van der Waals surface area (Å²) in [5, 5.41) is 22.8. The molecule has 0 radical (unpaired) electrons. The maximum atomic E-state index is 12.6. The smallest absolute Gasteiger partial charge is 0.340 e. The number of ketones is 1. The van der Waals surface area contributed by atoms with Crippen LogP contribution < -0.4 is 19.5 Å². The topological polar surface area (TPSA) is 146 Å². The van der Waals surface area contributed by atoms with Gasteiger partial charge in [0.1, 0.15) is 0 Å². The van der Waals surface area contributed by atoms with Gasteiger partial charge in [0.25, 0.3) is 5.69 Å². The normalized spacial score (nSPS) is 10.2. The second-order valence-corrected chi connectivity index (χ2v) is 6.05. The van der Waals surface area contributed by atoms with Gasteiger partial charge in [-0.2, -0.15) is 0 Å². The maximum absolute atomic E-state index is 12.6. The van der Waals surface area contributed by atoms with E-state index in [-0.39, 0.29) is 47.2 Å². The number of hydrogen-bond acceptors (Lipinski definition) is 10. The summed E-state index contributed by atoms with van der Waals surface area (Å²) in [6.45, 7) is -0.729. The molecular formula is C20H22N2O9. The number of aliphatic hydroxyl groups excluding tert-OH is 1. The molecule has 0 atom stereocenters. The van der Waals surface area contributed by atoms with Gasteiger partial charge in [-0.25, -0.2) is 4.79 Å². The van der Waals surface area contributed by atoms with Crippen molar-refractivity contribution in [2.75, 3.05) is 46.4 Å². The first kappa shape index (κ1) is 23.4. The van der Waals surface area contributed by atoms with Gasteiger partial charge in [-0.1, -0.05) is 0 Å². The number of non-ortho nitro benzene ring substituents is 1. The van der Waals surface area contributed by atoms with Crippen molar-refractivity contribution in [3.63, 3.8) is 0 Å². The third-order valence-electron chi connectivity index (χ3n) is 4.18. The van der Waals surface area contributed by atoms with E-state index >= 15 is 0 Å². The Balaban J connectivity index is 2.23. The van der Waals surface area contributed by atoms with Crippen molar-refractivity contribution in [2.24, 2.45) is 0 Å². The number of ether oxygens (including phenoxy) is 4. The molecule has 0 saturated carbocycles. The predicted octanol–water partition coefficient (Wildman–Crippen LogP) is 2.06. The monoisotopic (exact) mass is 434 g/mol. The Hall–Kier alpha value is -3.86. The summed E-state index contributed by atoms with van der Waals surface area (Å²) in [5.74, 6) is -0.682. The number of esters is 1. The number of nitro groups is 1. The molecule has 2 aromatic carbocycles. The number of nitrogens with zero attached hydrogens (tertiary/aromatic N) is 1. The van der Waals surface area contributed by atoms with Crippen LogP contribution in [0.5, 0.6) is 17.2 Å². The van der Waals surface area contributed by atoms with Crippen LogP contribution in [-0.2, 0) is 4.74 Å². The van der Waals surface area contributed by atoms with E-state index in [0.29, 0.717) is 5.75 Å². The van der Waals surface area contributed by atoms with Gasteiger partial charge in [0.2, 0.25) is 11.5 Å². The molecule has 0 aliphatic carbocycles. The highest BCUT2D eigenvalue weighted by atomic mass is 16.6. The van der Waals surface area contributed by atoms with Gasteiger partial charge in [0.15, 0.2) is 18.1 Å². The fourth-order valence-corrected chi connectivity index (χ4v) is 2.69. The number of carbonyl (C=O) groups excluding carboxylic acids is 2. The Labute approximate surface area is 177 Å². The van der Waals surface area contributed by atoms with Gasteiger partial charge in [-0.15, -0.1) is 0 Å². The number of carbonyl (C=O) groups is 2. The van der Waals surface area contributed by atoms with E-state index in [1.807, 2.05) is 0 Å². The van der Waals surface area contributed by atoms with Gasteiger partial charge in [-0.3, -0.25) is 14.9 Å². The van der Waals surface area contributed by atoms with Crippen molar-refractivity contribution < 1.29 is 38.6 Å². The Morgan fingerprint density at radius 3 is 2.23 bits per heavy atom. The third-order valence-corrected chi connectivity index (χ3v) is 4.18. The van der Waals surface area contributed by atoms with Crippen LogP contribution in [0.4, 0.5) is 11.4 Å². The molecule has 11 heteroatoms. The van der Waals surface area contributed by atoms with Crippen molar-refractivity contribution in [1.82, 2.24) is 0 Å². The first-order chi connectivity index (χ1) is 14.9. The lowest BCUT2D eigenvalue weighted by Gasteiger charge is -2.14. The highest BCUT2D eigenvalue weighted by Crippen LogP contribution is 2.38. The number of benzene rings is 2. The number of nitrogens with one attached hydrogen (secondary N) is 1. The van der Waals surface area contributed by atoms with Crippen LogP contribution in [0.1, 0.15) is 20.7 Å². The summed E-state index contributed by atoms with van der Waals surface area (Å²) in [6, 6.07) is 6.40. The van der Waals surface area contributed by atoms with E-state index < -0.39 is 23.3 Å². The number of anilines is 1. The first-order valence-corrected chi connectivity index (χ1v) is 8.99. The predicted molar refractivity (Wildman–Crippen MR) is 109 cm³/mol. The van der Waals surface area contributed by atoms with Crippen LogP contribution in [-0.4, -0.2) is 62.9 Å². The molecule has 0 bridgehead atoms. The van der Waals surface area contributed by atoms with Crippen molar-refractivity contribution in [2.45, 2.75) is 0 Å². The van der Waals surface area contributed by atoms with Gasteiger partial charge in [0.05, 0.1) is 38.4 Å². The summed E-state index contributed by atoms with van der Waals surface area (Å²) >= 11 is 0. The molecule has 0 unspecified atom stereocenters. The van der Waals surface area contributed by atoms with Crippen molar-refractivity contribution >= 4 is 23.1 Å². The van der Waals surface area contributed by atoms with Crippen LogP contribution in [0.3, 0.4) is 0 Å². The molecule has 2 N–H and O–H groups in total. The van der Waals surface area contributed by atoms with Crippen molar-refractivity contribution in [1.29, 1.82) is 0 Å². The fraction of sp³-hybridized carbons (Fsp3) is 0.300. The second kappa shape index (κ2) is 10.8. The number of aliphatic hydroxyl groups is 1. The van der Waals surface area contributed by atoms with E-state index in [1.165, 1.54) is 45.6 Å². The molecule has 0 aliphatic rings. The minimum absolute atomic E-state index is 0.114. The molecule has 0 heterocycles. The molecule has 0 spiro atoms. The van der Waals surface area contributed by atoms with Crippen LogP contribution >= 0.6 is 0 Å². The number of rotatable bonds is 11. The molecule has 31 heavy (non-hydrogen) atoms. The average Bonchev–Trinajstić information content (AvgIpc) is 2.79. The summed E-state index contributed by atoms with van der Waals surface area (Å²) in [5.41, 5.74) is -0.0809. The van der Waals surface area contributed by atoms with E-state index in [2.05, 4.69) is 5.32 Å². The zero-order valence-corrected chi connectivity index (χ0v) is 17.2. The van der Waals surface area contributed by atoms with E-state index in [9.17, 15) is 19.7 Å². The Morgan fingerprint density at radius 2 is 1.71 bits per heavy atom. The number of methoxy groups -OCH3 is 3. The summed E-state index contributed by atoms with van der Waals surface area (Å²) < 4.78 is 20.7. The minimum Gasteiger partial charge on any atom is -0.493 e. The number of Topliss-reactive ketones (excluding diaryl/α,β-unsaturated/α-hetero) is 1. The summed E-state index contributed by atoms with van der Waals surface area (Å²) in [6.07, 6.45) is 0. The lowest BCUT2D eigenvalue weighted by atomic mass is 10.1. The number of nitro benzene ring substituents is 1. The average molecular weight is 434 g/mol. The van der Waals surface area contributed by atoms with Gasteiger partial charge in [0, 0.05) is 29.9 Å². The summed E-state index contributed by atoms with van der Waals surface area (Å²) in [4.78, 5) is 35.5. The lowest BCUT2D eigenvalue weighted by Crippen LogP contribution is -2.17. The Bertz CT molecular complexity index is 950. The zero-order valence-electron chi connectivity index (χ0n) is 17.2. The summed E-state index contributed by atoms with van der Waals surface area (Å²) in [7, 11) is 4.22. The van der Waals surface area contributed by atoms with E-state index in [0.717, 1.165) is 6.07 Å². The van der Waals surface area contributed by atoms with Crippen LogP contribution in [0.25, 0.3) is 0 Å². The maximum Gasteiger partial charge on any atom is 0.340 e. The van der Waals surface area contributed by atoms with E-state index in [1.54, 1.807) is 0 Å². The Kier molecular flexibility index (Phi) is 8.15. The highest BCUT2D eigenvalue weighted by molar-refractivity contribution is 6.01. The molecule has 11 nitrogen and oxygen atoms in total. The zero-order chi connectivity index (χ0) is 23.0. The van der Waals surface area contributed by atoms with Gasteiger partial charge in [-0.05, 0) is 18.2 Å². The number of hydrogen-bond donors (Lipinski definition) is 2. The van der Waals surface area contributed by atoms with E-state index in [4.69, 9.17) is 24.1 Å². The molecular weight excluding hydrogens is 412 g/mol. The molecule has 2 rings (SSSR count). The first-order valence-electron chi connectivity index (χ1n) is 8.99. The molecule has 166 valence electrons. The molecule has 0 saturated heterocycles. The van der Waals surface area contributed by atoms with Crippen LogP contribution in [0, 0.1) is 10.1 Å². The molecule has 0 amide bonds. The fourth-order valence-electron chi connectivity index (χ4n) is 2.69. The third kappa shape index (κ3) is 5.60. The molecule has 0 fully saturated rings. The van der Waals surface area contributed by atoms with Gasteiger partial charge < -0.3 is 29.4 Å². The van der Waals surface area contributed by atoms with Crippen LogP contribution in [0.2, 0.25) is 0 Å². The largest absolute Gasteiger partial charge is 0.493 e. The van der Waals surface area contributed by atoms with Gasteiger partial charge >= 0.3 is 5.97 Å².